The molecule has 0 aliphatic heterocycles. The number of aryl methyl sites for hydroxylation is 1. The number of oxime groups is 1. The molecule has 0 saturated heterocycles. The average molecular weight is 179 g/mol. The third kappa shape index (κ3) is 1.99. The van der Waals surface area contributed by atoms with Crippen LogP contribution in [0.25, 0.3) is 0 Å². The van der Waals surface area contributed by atoms with E-state index in [1.807, 2.05) is 19.9 Å². The molecular formula is C10H13NO2. The number of nitrogens with zero attached hydrogens (tertiary/aromatic N) is 1. The molecule has 0 aromatic heterocycles. The first kappa shape index (κ1) is 9.58. The zero-order valence-corrected chi connectivity index (χ0v) is 8.03. The topological polar surface area (TPSA) is 41.8 Å². The molecule has 13 heavy (non-hydrogen) atoms. The number of rotatable bonds is 2. The van der Waals surface area contributed by atoms with Crippen LogP contribution in [0.15, 0.2) is 17.3 Å². The Labute approximate surface area is 77.6 Å². The van der Waals surface area contributed by atoms with E-state index < -0.39 is 0 Å². The summed E-state index contributed by atoms with van der Waals surface area (Å²) in [6.45, 7) is 3.82. The van der Waals surface area contributed by atoms with Crippen molar-refractivity contribution in [3.05, 3.63) is 28.8 Å². The Kier molecular flexibility index (Phi) is 2.90. The van der Waals surface area contributed by atoms with Gasteiger partial charge >= 0.3 is 0 Å². The lowest BCUT2D eigenvalue weighted by Crippen LogP contribution is -1.89. The lowest BCUT2D eigenvalue weighted by atomic mass is 10.1. The van der Waals surface area contributed by atoms with Gasteiger partial charge in [0, 0.05) is 5.56 Å². The molecule has 0 saturated carbocycles. The van der Waals surface area contributed by atoms with E-state index in [0.29, 0.717) is 5.56 Å². The van der Waals surface area contributed by atoms with Gasteiger partial charge in [-0.15, -0.1) is 0 Å². The fourth-order valence-corrected chi connectivity index (χ4v) is 1.04. The van der Waals surface area contributed by atoms with Crippen LogP contribution in [-0.2, 0) is 4.84 Å². The largest absolute Gasteiger partial charge is 0.507 e. The molecule has 0 bridgehead atoms. The second-order valence-corrected chi connectivity index (χ2v) is 2.86. The Morgan fingerprint density at radius 3 is 2.69 bits per heavy atom. The van der Waals surface area contributed by atoms with Crippen LogP contribution in [0, 0.1) is 13.8 Å². The maximum absolute atomic E-state index is 9.66. The summed E-state index contributed by atoms with van der Waals surface area (Å²) in [5.41, 5.74) is 2.61. The van der Waals surface area contributed by atoms with Gasteiger partial charge in [-0.3, -0.25) is 0 Å². The van der Waals surface area contributed by atoms with Gasteiger partial charge in [0.25, 0.3) is 0 Å². The van der Waals surface area contributed by atoms with Crippen molar-refractivity contribution in [2.75, 3.05) is 7.11 Å². The Balaban J connectivity index is 3.11. The molecule has 0 amide bonds. The second kappa shape index (κ2) is 3.94. The van der Waals surface area contributed by atoms with Crippen molar-refractivity contribution < 1.29 is 9.94 Å². The minimum atomic E-state index is 0.265. The van der Waals surface area contributed by atoms with Crippen molar-refractivity contribution in [3.8, 4) is 5.75 Å². The molecule has 0 radical (unpaired) electrons. The van der Waals surface area contributed by atoms with Crippen molar-refractivity contribution in [3.63, 3.8) is 0 Å². The summed E-state index contributed by atoms with van der Waals surface area (Å²) >= 11 is 0. The maximum Gasteiger partial charge on any atom is 0.127 e. The molecule has 0 aliphatic carbocycles. The molecule has 0 heterocycles. The first-order valence-electron chi connectivity index (χ1n) is 4.02. The normalized spacial score (nSPS) is 10.7. The highest BCUT2D eigenvalue weighted by Gasteiger charge is 2.03. The van der Waals surface area contributed by atoms with Gasteiger partial charge in [0.2, 0.25) is 0 Å². The van der Waals surface area contributed by atoms with Crippen LogP contribution < -0.4 is 0 Å². The molecule has 0 unspecified atom stereocenters. The molecule has 3 nitrogen and oxygen atoms in total. The van der Waals surface area contributed by atoms with Gasteiger partial charge in [0.05, 0.1) is 6.21 Å². The zero-order valence-electron chi connectivity index (χ0n) is 8.03. The average Bonchev–Trinajstić information content (AvgIpc) is 2.13. The van der Waals surface area contributed by atoms with Gasteiger partial charge in [0.15, 0.2) is 0 Å². The van der Waals surface area contributed by atoms with Crippen molar-refractivity contribution in [2.45, 2.75) is 13.8 Å². The lowest BCUT2D eigenvalue weighted by molar-refractivity contribution is 0.215. The van der Waals surface area contributed by atoms with E-state index in [2.05, 4.69) is 9.99 Å². The third-order valence-electron chi connectivity index (χ3n) is 2.03. The van der Waals surface area contributed by atoms with E-state index >= 15 is 0 Å². The van der Waals surface area contributed by atoms with Crippen LogP contribution in [0.3, 0.4) is 0 Å². The summed E-state index contributed by atoms with van der Waals surface area (Å²) in [5, 5.41) is 13.2. The molecule has 1 aromatic rings. The van der Waals surface area contributed by atoms with Gasteiger partial charge in [-0.05, 0) is 31.0 Å². The standard InChI is InChI=1S/C10H13NO2/c1-7-4-5-9(6-11-13-3)10(12)8(7)2/h4-6,12H,1-3H3. The monoisotopic (exact) mass is 179 g/mol. The first-order chi connectivity index (χ1) is 6.16. The zero-order chi connectivity index (χ0) is 9.84. The Bertz CT molecular complexity index is 332. The number of benzene rings is 1. The van der Waals surface area contributed by atoms with Crippen molar-refractivity contribution in [1.82, 2.24) is 0 Å². The SMILES string of the molecule is CON=Cc1ccc(C)c(C)c1O. The smallest absolute Gasteiger partial charge is 0.127 e. The van der Waals surface area contributed by atoms with Gasteiger partial charge in [-0.2, -0.15) is 0 Å². The summed E-state index contributed by atoms with van der Waals surface area (Å²) in [7, 11) is 1.47. The number of phenolic OH excluding ortho intramolecular Hbond substituents is 1. The Morgan fingerprint density at radius 2 is 2.08 bits per heavy atom. The minimum absolute atomic E-state index is 0.265. The highest BCUT2D eigenvalue weighted by Crippen LogP contribution is 2.23. The van der Waals surface area contributed by atoms with Crippen molar-refractivity contribution >= 4 is 6.21 Å². The molecule has 70 valence electrons. The van der Waals surface area contributed by atoms with E-state index in [0.717, 1.165) is 11.1 Å². The number of phenols is 1. The Morgan fingerprint density at radius 1 is 1.38 bits per heavy atom. The summed E-state index contributed by atoms with van der Waals surface area (Å²) in [6, 6.07) is 3.74. The van der Waals surface area contributed by atoms with Crippen LogP contribution in [0.5, 0.6) is 5.75 Å². The van der Waals surface area contributed by atoms with Crippen LogP contribution in [0.4, 0.5) is 0 Å². The molecule has 3 heteroatoms. The van der Waals surface area contributed by atoms with Gasteiger partial charge < -0.3 is 9.94 Å². The molecule has 1 aromatic carbocycles. The van der Waals surface area contributed by atoms with E-state index in [1.54, 1.807) is 6.07 Å². The fourth-order valence-electron chi connectivity index (χ4n) is 1.04. The van der Waals surface area contributed by atoms with Crippen molar-refractivity contribution in [2.24, 2.45) is 5.16 Å². The van der Waals surface area contributed by atoms with Gasteiger partial charge in [-0.1, -0.05) is 11.2 Å². The molecular weight excluding hydrogens is 166 g/mol. The van der Waals surface area contributed by atoms with Crippen LogP contribution in [0.1, 0.15) is 16.7 Å². The van der Waals surface area contributed by atoms with Crippen LogP contribution in [0.2, 0.25) is 0 Å². The van der Waals surface area contributed by atoms with E-state index in [4.69, 9.17) is 0 Å². The molecule has 1 N–H and O–H groups in total. The lowest BCUT2D eigenvalue weighted by Gasteiger charge is -2.05. The Hall–Kier alpha value is -1.51. The maximum atomic E-state index is 9.66. The predicted molar refractivity (Wildman–Crippen MR) is 52.2 cm³/mol. The third-order valence-corrected chi connectivity index (χ3v) is 2.03. The fraction of sp³-hybridized carbons (Fsp3) is 0.300. The summed E-state index contributed by atoms with van der Waals surface area (Å²) in [5.74, 6) is 0.265. The highest BCUT2D eigenvalue weighted by molar-refractivity contribution is 5.83. The summed E-state index contributed by atoms with van der Waals surface area (Å²) in [6.07, 6.45) is 1.49. The molecule has 1 rings (SSSR count). The first-order valence-corrected chi connectivity index (χ1v) is 4.02. The van der Waals surface area contributed by atoms with Crippen molar-refractivity contribution in [1.29, 1.82) is 0 Å². The number of aromatic hydroxyl groups is 1. The predicted octanol–water partition coefficient (Wildman–Crippen LogP) is 1.99. The van der Waals surface area contributed by atoms with Crippen LogP contribution >= 0.6 is 0 Å². The van der Waals surface area contributed by atoms with Gasteiger partial charge in [0.1, 0.15) is 12.9 Å². The highest BCUT2D eigenvalue weighted by atomic mass is 16.6. The summed E-state index contributed by atoms with van der Waals surface area (Å²) < 4.78 is 0. The van der Waals surface area contributed by atoms with E-state index in [-0.39, 0.29) is 5.75 Å². The van der Waals surface area contributed by atoms with E-state index in [9.17, 15) is 5.11 Å². The molecule has 0 spiro atoms. The number of hydrogen-bond donors (Lipinski definition) is 1. The summed E-state index contributed by atoms with van der Waals surface area (Å²) in [4.78, 5) is 4.53. The molecule has 0 aliphatic rings. The number of hydrogen-bond acceptors (Lipinski definition) is 3. The van der Waals surface area contributed by atoms with Gasteiger partial charge in [-0.25, -0.2) is 0 Å². The molecule has 0 atom stereocenters. The second-order valence-electron chi connectivity index (χ2n) is 2.86. The van der Waals surface area contributed by atoms with E-state index in [1.165, 1.54) is 13.3 Å². The quantitative estimate of drug-likeness (QED) is 0.557. The minimum Gasteiger partial charge on any atom is -0.507 e. The molecule has 0 fully saturated rings. The van der Waals surface area contributed by atoms with Crippen LogP contribution in [-0.4, -0.2) is 18.4 Å².